The molecule has 0 radical (unpaired) electrons. The van der Waals surface area contributed by atoms with Crippen molar-refractivity contribution in [3.05, 3.63) is 77.4 Å². The van der Waals surface area contributed by atoms with E-state index in [1.54, 1.807) is 7.11 Å². The standard InChI is InChI=1S/C22H22N2O2/c1-26-20-11-10-16(17-7-4-5-9-19(17)20)14-24-13-12-15-6-2-3-8-18(15)21(24)22(23)25/h2-11,21H,12-14H2,1H3,(H2,23,25). The van der Waals surface area contributed by atoms with Gasteiger partial charge in [-0.3, -0.25) is 9.69 Å². The third kappa shape index (κ3) is 2.82. The minimum Gasteiger partial charge on any atom is -0.496 e. The van der Waals surface area contributed by atoms with Gasteiger partial charge in [0.1, 0.15) is 11.8 Å². The van der Waals surface area contributed by atoms with Crippen LogP contribution in [-0.4, -0.2) is 24.5 Å². The van der Waals surface area contributed by atoms with Gasteiger partial charge in [0.05, 0.1) is 7.11 Å². The third-order valence-corrected chi connectivity index (χ3v) is 5.22. The van der Waals surface area contributed by atoms with Crippen LogP contribution in [0, 0.1) is 0 Å². The number of nitrogens with zero attached hydrogens (tertiary/aromatic N) is 1. The van der Waals surface area contributed by atoms with Crippen LogP contribution in [0.5, 0.6) is 5.75 Å². The lowest BCUT2D eigenvalue weighted by Gasteiger charge is -2.35. The van der Waals surface area contributed by atoms with Crippen LogP contribution in [0.1, 0.15) is 22.7 Å². The Morgan fingerprint density at radius 1 is 1.08 bits per heavy atom. The molecular formula is C22H22N2O2. The fourth-order valence-corrected chi connectivity index (χ4v) is 3.99. The van der Waals surface area contributed by atoms with Crippen LogP contribution in [0.25, 0.3) is 10.8 Å². The summed E-state index contributed by atoms with van der Waals surface area (Å²) in [5.41, 5.74) is 9.20. The van der Waals surface area contributed by atoms with E-state index in [2.05, 4.69) is 29.2 Å². The lowest BCUT2D eigenvalue weighted by Crippen LogP contribution is -2.42. The number of carbonyl (C=O) groups is 1. The summed E-state index contributed by atoms with van der Waals surface area (Å²) in [6.45, 7) is 1.48. The van der Waals surface area contributed by atoms with Crippen molar-refractivity contribution in [1.29, 1.82) is 0 Å². The maximum absolute atomic E-state index is 12.2. The highest BCUT2D eigenvalue weighted by Gasteiger charge is 2.31. The van der Waals surface area contributed by atoms with Crippen LogP contribution in [0.4, 0.5) is 0 Å². The van der Waals surface area contributed by atoms with Crippen LogP contribution < -0.4 is 10.5 Å². The maximum atomic E-state index is 12.2. The van der Waals surface area contributed by atoms with Gasteiger partial charge in [0, 0.05) is 18.5 Å². The van der Waals surface area contributed by atoms with Gasteiger partial charge in [0.15, 0.2) is 0 Å². The minimum atomic E-state index is -0.388. The number of hydrogen-bond acceptors (Lipinski definition) is 3. The Morgan fingerprint density at radius 3 is 2.58 bits per heavy atom. The molecule has 0 aliphatic carbocycles. The molecular weight excluding hydrogens is 324 g/mol. The van der Waals surface area contributed by atoms with Gasteiger partial charge in [-0.15, -0.1) is 0 Å². The summed E-state index contributed by atoms with van der Waals surface area (Å²) in [4.78, 5) is 14.4. The van der Waals surface area contributed by atoms with E-state index in [0.717, 1.165) is 35.1 Å². The van der Waals surface area contributed by atoms with Gasteiger partial charge < -0.3 is 10.5 Å². The smallest absolute Gasteiger partial charge is 0.239 e. The molecule has 1 aliphatic rings. The second-order valence-electron chi connectivity index (χ2n) is 6.70. The van der Waals surface area contributed by atoms with Gasteiger partial charge in [0.25, 0.3) is 0 Å². The quantitative estimate of drug-likeness (QED) is 0.787. The largest absolute Gasteiger partial charge is 0.496 e. The van der Waals surface area contributed by atoms with Gasteiger partial charge >= 0.3 is 0 Å². The first-order chi connectivity index (χ1) is 12.7. The number of benzene rings is 3. The summed E-state index contributed by atoms with van der Waals surface area (Å²) in [5.74, 6) is 0.565. The lowest BCUT2D eigenvalue weighted by atomic mass is 9.91. The van der Waals surface area contributed by atoms with Crippen molar-refractivity contribution >= 4 is 16.7 Å². The summed E-state index contributed by atoms with van der Waals surface area (Å²) >= 11 is 0. The van der Waals surface area contributed by atoms with Crippen molar-refractivity contribution in [3.63, 3.8) is 0 Å². The van der Waals surface area contributed by atoms with E-state index in [1.165, 1.54) is 11.1 Å². The molecule has 1 amide bonds. The molecule has 1 aliphatic heterocycles. The number of fused-ring (bicyclic) bond motifs is 2. The van der Waals surface area contributed by atoms with E-state index >= 15 is 0 Å². The molecule has 132 valence electrons. The molecule has 1 atom stereocenters. The fraction of sp³-hybridized carbons (Fsp3) is 0.227. The van der Waals surface area contributed by atoms with Gasteiger partial charge in [-0.2, -0.15) is 0 Å². The summed E-state index contributed by atoms with van der Waals surface area (Å²) < 4.78 is 5.49. The molecule has 0 spiro atoms. The van der Waals surface area contributed by atoms with Crippen molar-refractivity contribution in [2.75, 3.05) is 13.7 Å². The number of ether oxygens (including phenoxy) is 1. The minimum absolute atomic E-state index is 0.296. The number of primary amides is 1. The van der Waals surface area contributed by atoms with Crippen molar-refractivity contribution in [1.82, 2.24) is 4.90 Å². The predicted octanol–water partition coefficient (Wildman–Crippen LogP) is 3.43. The Hall–Kier alpha value is -2.85. The molecule has 0 saturated carbocycles. The highest BCUT2D eigenvalue weighted by molar-refractivity contribution is 5.91. The zero-order valence-electron chi connectivity index (χ0n) is 14.8. The summed E-state index contributed by atoms with van der Waals surface area (Å²) in [7, 11) is 1.69. The fourth-order valence-electron chi connectivity index (χ4n) is 3.99. The number of carbonyl (C=O) groups excluding carboxylic acids is 1. The molecule has 4 rings (SSSR count). The molecule has 1 heterocycles. The normalized spacial score (nSPS) is 17.0. The zero-order valence-corrected chi connectivity index (χ0v) is 14.8. The molecule has 4 nitrogen and oxygen atoms in total. The summed E-state index contributed by atoms with van der Waals surface area (Å²) in [6, 6.07) is 20.0. The van der Waals surface area contributed by atoms with Crippen LogP contribution in [0.2, 0.25) is 0 Å². The Morgan fingerprint density at radius 2 is 1.81 bits per heavy atom. The Labute approximate surface area is 153 Å². The Balaban J connectivity index is 1.74. The molecule has 0 fully saturated rings. The maximum Gasteiger partial charge on any atom is 0.239 e. The molecule has 3 aromatic rings. The monoisotopic (exact) mass is 346 g/mol. The Kier molecular flexibility index (Phi) is 4.35. The van der Waals surface area contributed by atoms with E-state index < -0.39 is 0 Å². The van der Waals surface area contributed by atoms with E-state index in [4.69, 9.17) is 10.5 Å². The topological polar surface area (TPSA) is 55.6 Å². The van der Waals surface area contributed by atoms with Crippen molar-refractivity contribution in [2.45, 2.75) is 19.0 Å². The predicted molar refractivity (Wildman–Crippen MR) is 103 cm³/mol. The SMILES string of the molecule is COc1ccc(CN2CCc3ccccc3C2C(N)=O)c2ccccc12. The molecule has 0 bridgehead atoms. The summed E-state index contributed by atoms with van der Waals surface area (Å²) in [6.07, 6.45) is 0.925. The van der Waals surface area contributed by atoms with Crippen LogP contribution in [-0.2, 0) is 17.8 Å². The van der Waals surface area contributed by atoms with Crippen LogP contribution in [0.3, 0.4) is 0 Å². The molecule has 26 heavy (non-hydrogen) atoms. The first kappa shape index (κ1) is 16.6. The first-order valence-electron chi connectivity index (χ1n) is 8.85. The van der Waals surface area contributed by atoms with Crippen LogP contribution >= 0.6 is 0 Å². The molecule has 2 N–H and O–H groups in total. The molecule has 4 heteroatoms. The number of hydrogen-bond donors (Lipinski definition) is 1. The van der Waals surface area contributed by atoms with Crippen molar-refractivity contribution < 1.29 is 9.53 Å². The molecule has 3 aromatic carbocycles. The van der Waals surface area contributed by atoms with Gasteiger partial charge in [-0.1, -0.05) is 54.6 Å². The first-order valence-corrected chi connectivity index (χ1v) is 8.85. The van der Waals surface area contributed by atoms with Crippen LogP contribution in [0.15, 0.2) is 60.7 Å². The number of methoxy groups -OCH3 is 1. The average molecular weight is 346 g/mol. The second kappa shape index (κ2) is 6.81. The van der Waals surface area contributed by atoms with E-state index in [0.29, 0.717) is 6.54 Å². The van der Waals surface area contributed by atoms with Gasteiger partial charge in [0.2, 0.25) is 5.91 Å². The lowest BCUT2D eigenvalue weighted by molar-refractivity contribution is -0.124. The number of amides is 1. The third-order valence-electron chi connectivity index (χ3n) is 5.22. The zero-order chi connectivity index (χ0) is 18.1. The molecule has 1 unspecified atom stereocenters. The van der Waals surface area contributed by atoms with Gasteiger partial charge in [-0.05, 0) is 34.6 Å². The average Bonchev–Trinajstić information content (AvgIpc) is 2.67. The van der Waals surface area contributed by atoms with E-state index in [9.17, 15) is 4.79 Å². The number of nitrogens with two attached hydrogens (primary N) is 1. The van der Waals surface area contributed by atoms with Crippen molar-refractivity contribution in [2.24, 2.45) is 5.73 Å². The van der Waals surface area contributed by atoms with E-state index in [-0.39, 0.29) is 11.9 Å². The van der Waals surface area contributed by atoms with Gasteiger partial charge in [-0.25, -0.2) is 0 Å². The second-order valence-corrected chi connectivity index (χ2v) is 6.70. The highest BCUT2D eigenvalue weighted by Crippen LogP contribution is 2.34. The summed E-state index contributed by atoms with van der Waals surface area (Å²) in [5, 5.41) is 2.23. The van der Waals surface area contributed by atoms with Crippen molar-refractivity contribution in [3.8, 4) is 5.75 Å². The molecule has 0 aromatic heterocycles. The Bertz CT molecular complexity index is 967. The van der Waals surface area contributed by atoms with E-state index in [1.807, 2.05) is 36.4 Å². The molecule has 0 saturated heterocycles. The highest BCUT2D eigenvalue weighted by atomic mass is 16.5. The number of rotatable bonds is 4.